The monoisotopic (exact) mass is 252 g/mol. The van der Waals surface area contributed by atoms with Gasteiger partial charge in [-0.1, -0.05) is 13.8 Å². The molecule has 1 aromatic rings. The summed E-state index contributed by atoms with van der Waals surface area (Å²) < 4.78 is 5.53. The molecule has 0 aliphatic carbocycles. The van der Waals surface area contributed by atoms with Gasteiger partial charge in [-0.05, 0) is 37.4 Å². The number of piperidine rings is 1. The first-order valence-corrected chi connectivity index (χ1v) is 6.84. The molecule has 0 bridgehead atoms. The van der Waals surface area contributed by atoms with Crippen LogP contribution in [0.4, 0.5) is 0 Å². The smallest absolute Gasteiger partial charge is 0.122 e. The molecule has 2 rings (SSSR count). The van der Waals surface area contributed by atoms with Gasteiger partial charge in [0.1, 0.15) is 5.76 Å². The molecule has 2 heterocycles. The number of likely N-dealkylation sites (tertiary alicyclic amines) is 1. The molecule has 4 atom stereocenters. The third kappa shape index (κ3) is 2.76. The Kier molecular flexibility index (Phi) is 4.43. The maximum Gasteiger partial charge on any atom is 0.122 e. The summed E-state index contributed by atoms with van der Waals surface area (Å²) in [6.07, 6.45) is 3.33. The van der Waals surface area contributed by atoms with E-state index in [1.165, 1.54) is 0 Å². The predicted molar refractivity (Wildman–Crippen MR) is 71.1 cm³/mol. The van der Waals surface area contributed by atoms with Gasteiger partial charge in [-0.25, -0.2) is 0 Å². The van der Waals surface area contributed by atoms with E-state index >= 15 is 0 Å². The van der Waals surface area contributed by atoms with Crippen LogP contribution >= 0.6 is 0 Å². The molecule has 4 unspecified atom stereocenters. The Labute approximate surface area is 109 Å². The van der Waals surface area contributed by atoms with Crippen molar-refractivity contribution in [1.29, 1.82) is 0 Å². The van der Waals surface area contributed by atoms with Crippen LogP contribution in [0, 0.1) is 5.92 Å². The second kappa shape index (κ2) is 5.87. The fourth-order valence-corrected chi connectivity index (χ4v) is 2.67. The average molecular weight is 252 g/mol. The molecule has 3 N–H and O–H groups in total. The van der Waals surface area contributed by atoms with Gasteiger partial charge in [0.2, 0.25) is 0 Å². The van der Waals surface area contributed by atoms with Crippen molar-refractivity contribution in [2.24, 2.45) is 11.7 Å². The summed E-state index contributed by atoms with van der Waals surface area (Å²) in [5, 5.41) is 10.0. The molecule has 1 aliphatic rings. The number of nitrogens with zero attached hydrogens (tertiary/aromatic N) is 1. The molecule has 4 nitrogen and oxygen atoms in total. The van der Waals surface area contributed by atoms with Crippen LogP contribution in [0.15, 0.2) is 22.8 Å². The highest BCUT2D eigenvalue weighted by molar-refractivity contribution is 5.08. The van der Waals surface area contributed by atoms with Gasteiger partial charge in [0.15, 0.2) is 0 Å². The predicted octanol–water partition coefficient (Wildman–Crippen LogP) is 1.76. The molecule has 0 amide bonds. The zero-order valence-electron chi connectivity index (χ0n) is 11.2. The number of β-amino-alcohol motifs (C(OH)–C–C–N with tert-alkyl or cyclic N) is 1. The maximum atomic E-state index is 10.0. The Balaban J connectivity index is 2.14. The highest BCUT2D eigenvalue weighted by Crippen LogP contribution is 2.30. The fraction of sp³-hybridized carbons (Fsp3) is 0.714. The van der Waals surface area contributed by atoms with E-state index < -0.39 is 0 Å². The van der Waals surface area contributed by atoms with Gasteiger partial charge >= 0.3 is 0 Å². The molecule has 1 aliphatic heterocycles. The van der Waals surface area contributed by atoms with Gasteiger partial charge in [0, 0.05) is 12.6 Å². The van der Waals surface area contributed by atoms with Crippen molar-refractivity contribution in [2.45, 2.75) is 44.9 Å². The van der Waals surface area contributed by atoms with Gasteiger partial charge in [-0.2, -0.15) is 0 Å². The highest BCUT2D eigenvalue weighted by atomic mass is 16.3. The summed E-state index contributed by atoms with van der Waals surface area (Å²) in [4.78, 5) is 2.26. The Bertz CT molecular complexity index is 353. The SMILES string of the molecule is CCC(N)C(c1ccco1)N1CCC(C)C(O)C1. The lowest BCUT2D eigenvalue weighted by Crippen LogP contribution is -2.49. The summed E-state index contributed by atoms with van der Waals surface area (Å²) >= 11 is 0. The minimum Gasteiger partial charge on any atom is -0.468 e. The van der Waals surface area contributed by atoms with E-state index in [4.69, 9.17) is 10.2 Å². The van der Waals surface area contributed by atoms with Crippen molar-refractivity contribution < 1.29 is 9.52 Å². The zero-order chi connectivity index (χ0) is 13.1. The van der Waals surface area contributed by atoms with Crippen molar-refractivity contribution in [3.8, 4) is 0 Å². The number of nitrogens with two attached hydrogens (primary N) is 1. The molecular weight excluding hydrogens is 228 g/mol. The van der Waals surface area contributed by atoms with Crippen molar-refractivity contribution in [1.82, 2.24) is 4.90 Å². The molecule has 1 fully saturated rings. The molecule has 1 saturated heterocycles. The minimum atomic E-state index is -0.264. The molecular formula is C14H24N2O2. The first-order chi connectivity index (χ1) is 8.63. The Morgan fingerprint density at radius 3 is 2.94 bits per heavy atom. The van der Waals surface area contributed by atoms with E-state index in [0.29, 0.717) is 12.5 Å². The van der Waals surface area contributed by atoms with Gasteiger partial charge in [-0.15, -0.1) is 0 Å². The molecule has 0 spiro atoms. The second-order valence-corrected chi connectivity index (χ2v) is 5.36. The number of furan rings is 1. The minimum absolute atomic E-state index is 0.0387. The van der Waals surface area contributed by atoms with E-state index in [-0.39, 0.29) is 18.2 Å². The maximum absolute atomic E-state index is 10.0. The van der Waals surface area contributed by atoms with E-state index in [1.807, 2.05) is 12.1 Å². The zero-order valence-corrected chi connectivity index (χ0v) is 11.2. The number of aliphatic hydroxyl groups is 1. The van der Waals surface area contributed by atoms with Crippen LogP contribution in [0.3, 0.4) is 0 Å². The fourth-order valence-electron chi connectivity index (χ4n) is 2.67. The lowest BCUT2D eigenvalue weighted by molar-refractivity contribution is -0.000564. The van der Waals surface area contributed by atoms with Crippen LogP contribution in [-0.2, 0) is 0 Å². The third-order valence-corrected chi connectivity index (χ3v) is 4.06. The van der Waals surface area contributed by atoms with Crippen molar-refractivity contribution >= 4 is 0 Å². The number of aliphatic hydroxyl groups excluding tert-OH is 1. The van der Waals surface area contributed by atoms with E-state index in [2.05, 4.69) is 18.7 Å². The van der Waals surface area contributed by atoms with Crippen molar-refractivity contribution in [3.63, 3.8) is 0 Å². The van der Waals surface area contributed by atoms with Crippen LogP contribution in [0.25, 0.3) is 0 Å². The normalized spacial score (nSPS) is 29.1. The summed E-state index contributed by atoms with van der Waals surface area (Å²) in [6.45, 7) is 5.84. The summed E-state index contributed by atoms with van der Waals surface area (Å²) in [5.41, 5.74) is 6.24. The van der Waals surface area contributed by atoms with E-state index in [1.54, 1.807) is 6.26 Å². The Hall–Kier alpha value is -0.840. The van der Waals surface area contributed by atoms with Gasteiger partial charge in [0.05, 0.1) is 18.4 Å². The van der Waals surface area contributed by atoms with Crippen LogP contribution in [-0.4, -0.2) is 35.2 Å². The van der Waals surface area contributed by atoms with Crippen LogP contribution in [0.1, 0.15) is 38.5 Å². The molecule has 0 aromatic carbocycles. The second-order valence-electron chi connectivity index (χ2n) is 5.36. The molecule has 1 aromatic heterocycles. The largest absolute Gasteiger partial charge is 0.468 e. The van der Waals surface area contributed by atoms with Crippen molar-refractivity contribution in [2.75, 3.05) is 13.1 Å². The van der Waals surface area contributed by atoms with Crippen LogP contribution < -0.4 is 5.73 Å². The molecule has 0 saturated carbocycles. The van der Waals surface area contributed by atoms with Gasteiger partial charge in [-0.3, -0.25) is 4.90 Å². The summed E-state index contributed by atoms with van der Waals surface area (Å²) in [7, 11) is 0. The topological polar surface area (TPSA) is 62.6 Å². The quantitative estimate of drug-likeness (QED) is 0.857. The standard InChI is InChI=1S/C14H24N2O2/c1-3-11(15)14(13-5-4-8-18-13)16-7-6-10(2)12(17)9-16/h4-5,8,10-12,14,17H,3,6-7,9,15H2,1-2H3. The molecule has 4 heteroatoms. The van der Waals surface area contributed by atoms with Crippen molar-refractivity contribution in [3.05, 3.63) is 24.2 Å². The summed E-state index contributed by atoms with van der Waals surface area (Å²) in [5.74, 6) is 1.28. The Morgan fingerprint density at radius 2 is 2.39 bits per heavy atom. The van der Waals surface area contributed by atoms with Gasteiger partial charge in [0.25, 0.3) is 0 Å². The van der Waals surface area contributed by atoms with E-state index in [9.17, 15) is 5.11 Å². The average Bonchev–Trinajstić information content (AvgIpc) is 2.87. The summed E-state index contributed by atoms with van der Waals surface area (Å²) in [6, 6.07) is 3.99. The molecule has 102 valence electrons. The first-order valence-electron chi connectivity index (χ1n) is 6.84. The van der Waals surface area contributed by atoms with Gasteiger partial charge < -0.3 is 15.3 Å². The lowest BCUT2D eigenvalue weighted by Gasteiger charge is -2.40. The third-order valence-electron chi connectivity index (χ3n) is 4.06. The highest BCUT2D eigenvalue weighted by Gasteiger charge is 2.33. The molecule has 18 heavy (non-hydrogen) atoms. The number of hydrogen-bond acceptors (Lipinski definition) is 4. The molecule has 0 radical (unpaired) electrons. The van der Waals surface area contributed by atoms with E-state index in [0.717, 1.165) is 25.1 Å². The van der Waals surface area contributed by atoms with Crippen LogP contribution in [0.2, 0.25) is 0 Å². The number of rotatable bonds is 4. The lowest BCUT2D eigenvalue weighted by atomic mass is 9.92. The number of hydrogen-bond donors (Lipinski definition) is 2. The van der Waals surface area contributed by atoms with Crippen LogP contribution in [0.5, 0.6) is 0 Å². The first kappa shape index (κ1) is 13.6. The Morgan fingerprint density at radius 1 is 1.61 bits per heavy atom.